The van der Waals surface area contributed by atoms with Crippen molar-refractivity contribution < 1.29 is 5.11 Å². The molecule has 0 spiro atoms. The molecule has 1 aromatic heterocycles. The first-order chi connectivity index (χ1) is 9.65. The monoisotopic (exact) mass is 335 g/mol. The minimum atomic E-state index is -0.596. The van der Waals surface area contributed by atoms with Gasteiger partial charge in [0.1, 0.15) is 11.8 Å². The zero-order valence-electron chi connectivity index (χ0n) is 11.5. The Labute approximate surface area is 126 Å². The maximum atomic E-state index is 11.0. The van der Waals surface area contributed by atoms with Gasteiger partial charge in [-0.2, -0.15) is 0 Å². The SMILES string of the molecule is Cn1nnc(Br)c1C(O)C1(c2ccccc2)CCCC1. The third kappa shape index (κ3) is 2.09. The van der Waals surface area contributed by atoms with Gasteiger partial charge in [0.25, 0.3) is 0 Å². The molecule has 1 fully saturated rings. The molecule has 1 aliphatic carbocycles. The maximum absolute atomic E-state index is 11.0. The number of aromatic nitrogens is 3. The molecule has 2 aromatic rings. The van der Waals surface area contributed by atoms with E-state index in [4.69, 9.17) is 0 Å². The lowest BCUT2D eigenvalue weighted by Crippen LogP contribution is -2.32. The Hall–Kier alpha value is -1.20. The Morgan fingerprint density at radius 2 is 1.90 bits per heavy atom. The van der Waals surface area contributed by atoms with Crippen molar-refractivity contribution in [1.29, 1.82) is 0 Å². The van der Waals surface area contributed by atoms with Gasteiger partial charge in [-0.3, -0.25) is 0 Å². The van der Waals surface area contributed by atoms with Gasteiger partial charge in [0.05, 0.1) is 0 Å². The summed E-state index contributed by atoms with van der Waals surface area (Å²) in [6, 6.07) is 10.3. The first-order valence-corrected chi connectivity index (χ1v) is 7.73. The van der Waals surface area contributed by atoms with Crippen molar-refractivity contribution in [2.24, 2.45) is 7.05 Å². The van der Waals surface area contributed by atoms with Crippen LogP contribution in [0.5, 0.6) is 0 Å². The van der Waals surface area contributed by atoms with E-state index in [1.54, 1.807) is 4.68 Å². The minimum absolute atomic E-state index is 0.223. The van der Waals surface area contributed by atoms with Crippen molar-refractivity contribution in [3.8, 4) is 0 Å². The van der Waals surface area contributed by atoms with Crippen molar-refractivity contribution in [1.82, 2.24) is 15.0 Å². The van der Waals surface area contributed by atoms with Crippen LogP contribution in [0.15, 0.2) is 34.9 Å². The Bertz CT molecular complexity index is 571. The molecule has 5 heteroatoms. The number of rotatable bonds is 3. The zero-order valence-corrected chi connectivity index (χ0v) is 13.0. The highest BCUT2D eigenvalue weighted by Crippen LogP contribution is 2.50. The van der Waals surface area contributed by atoms with Crippen molar-refractivity contribution in [2.75, 3.05) is 0 Å². The van der Waals surface area contributed by atoms with E-state index in [0.717, 1.165) is 31.4 Å². The predicted molar refractivity (Wildman–Crippen MR) is 80.3 cm³/mol. The van der Waals surface area contributed by atoms with Gasteiger partial charge < -0.3 is 5.11 Å². The van der Waals surface area contributed by atoms with Crippen molar-refractivity contribution in [2.45, 2.75) is 37.2 Å². The fourth-order valence-corrected chi connectivity index (χ4v) is 3.93. The third-order valence-electron chi connectivity index (χ3n) is 4.45. The fraction of sp³-hybridized carbons (Fsp3) is 0.467. The van der Waals surface area contributed by atoms with Crippen LogP contribution in [0.3, 0.4) is 0 Å². The van der Waals surface area contributed by atoms with Crippen LogP contribution >= 0.6 is 15.9 Å². The van der Waals surface area contributed by atoms with E-state index < -0.39 is 6.10 Å². The number of hydrogen-bond donors (Lipinski definition) is 1. The molecular formula is C15H18BrN3O. The molecule has 0 saturated heterocycles. The second-order valence-corrected chi connectivity index (χ2v) is 6.27. The van der Waals surface area contributed by atoms with E-state index in [1.807, 2.05) is 25.2 Å². The Morgan fingerprint density at radius 3 is 2.45 bits per heavy atom. The van der Waals surface area contributed by atoms with Crippen LogP contribution in [0.25, 0.3) is 0 Å². The topological polar surface area (TPSA) is 50.9 Å². The van der Waals surface area contributed by atoms with Crippen molar-refractivity contribution in [3.05, 3.63) is 46.2 Å². The smallest absolute Gasteiger partial charge is 0.154 e. The quantitative estimate of drug-likeness (QED) is 0.937. The molecule has 0 bridgehead atoms. The minimum Gasteiger partial charge on any atom is -0.386 e. The summed E-state index contributed by atoms with van der Waals surface area (Å²) in [4.78, 5) is 0. The average Bonchev–Trinajstić information content (AvgIpc) is 3.08. The molecular weight excluding hydrogens is 318 g/mol. The summed E-state index contributed by atoms with van der Waals surface area (Å²) in [6.45, 7) is 0. The molecule has 106 valence electrons. The molecule has 1 atom stereocenters. The summed E-state index contributed by atoms with van der Waals surface area (Å²) in [5.74, 6) is 0. The molecule has 0 aliphatic heterocycles. The molecule has 4 nitrogen and oxygen atoms in total. The van der Waals surface area contributed by atoms with Gasteiger partial charge in [0, 0.05) is 12.5 Å². The Morgan fingerprint density at radius 1 is 1.25 bits per heavy atom. The summed E-state index contributed by atoms with van der Waals surface area (Å²) in [5, 5.41) is 19.0. The number of nitrogens with zero attached hydrogens (tertiary/aromatic N) is 3. The lowest BCUT2D eigenvalue weighted by Gasteiger charge is -2.34. The number of aliphatic hydroxyl groups is 1. The van der Waals surface area contributed by atoms with E-state index in [1.165, 1.54) is 5.56 Å². The van der Waals surface area contributed by atoms with Crippen LogP contribution in [0.4, 0.5) is 0 Å². The third-order valence-corrected chi connectivity index (χ3v) is 5.02. The van der Waals surface area contributed by atoms with Gasteiger partial charge in [-0.25, -0.2) is 4.68 Å². The predicted octanol–water partition coefficient (Wildman–Crippen LogP) is 3.12. The number of aryl methyl sites for hydroxylation is 1. The van der Waals surface area contributed by atoms with Crippen molar-refractivity contribution in [3.63, 3.8) is 0 Å². The van der Waals surface area contributed by atoms with Gasteiger partial charge in [-0.1, -0.05) is 48.4 Å². The van der Waals surface area contributed by atoms with E-state index >= 15 is 0 Å². The summed E-state index contributed by atoms with van der Waals surface area (Å²) in [5.41, 5.74) is 1.74. The van der Waals surface area contributed by atoms with Crippen LogP contribution in [0.1, 0.15) is 43.0 Å². The molecule has 1 aromatic carbocycles. The van der Waals surface area contributed by atoms with Crippen molar-refractivity contribution >= 4 is 15.9 Å². The highest BCUT2D eigenvalue weighted by molar-refractivity contribution is 9.10. The van der Waals surface area contributed by atoms with E-state index in [2.05, 4.69) is 38.4 Å². The van der Waals surface area contributed by atoms with Gasteiger partial charge in [-0.15, -0.1) is 5.10 Å². The molecule has 1 N–H and O–H groups in total. The highest BCUT2D eigenvalue weighted by Gasteiger charge is 2.44. The second-order valence-electron chi connectivity index (χ2n) is 5.52. The van der Waals surface area contributed by atoms with Crippen LogP contribution < -0.4 is 0 Å². The average molecular weight is 336 g/mol. The van der Waals surface area contributed by atoms with E-state index in [9.17, 15) is 5.11 Å². The Balaban J connectivity index is 2.08. The molecule has 0 radical (unpaired) electrons. The fourth-order valence-electron chi connectivity index (χ4n) is 3.39. The lowest BCUT2D eigenvalue weighted by atomic mass is 9.73. The largest absolute Gasteiger partial charge is 0.386 e. The Kier molecular flexibility index (Phi) is 3.65. The zero-order chi connectivity index (χ0) is 14.2. The normalized spacial score (nSPS) is 19.1. The first kappa shape index (κ1) is 13.8. The highest BCUT2D eigenvalue weighted by atomic mass is 79.9. The van der Waals surface area contributed by atoms with Crippen LogP contribution in [0, 0.1) is 0 Å². The van der Waals surface area contributed by atoms with Gasteiger partial charge in [0.2, 0.25) is 0 Å². The lowest BCUT2D eigenvalue weighted by molar-refractivity contribution is 0.0741. The van der Waals surface area contributed by atoms with Gasteiger partial charge in [0.15, 0.2) is 4.60 Å². The summed E-state index contributed by atoms with van der Waals surface area (Å²) < 4.78 is 2.30. The molecule has 3 rings (SSSR count). The van der Waals surface area contributed by atoms with Crippen LogP contribution in [0.2, 0.25) is 0 Å². The summed E-state index contributed by atoms with van der Waals surface area (Å²) >= 11 is 3.41. The molecule has 20 heavy (non-hydrogen) atoms. The van der Waals surface area contributed by atoms with Crippen LogP contribution in [-0.2, 0) is 12.5 Å². The molecule has 0 amide bonds. The summed E-state index contributed by atoms with van der Waals surface area (Å²) in [7, 11) is 1.82. The number of halogens is 1. The number of benzene rings is 1. The number of hydrogen-bond acceptors (Lipinski definition) is 3. The maximum Gasteiger partial charge on any atom is 0.154 e. The van der Waals surface area contributed by atoms with Gasteiger partial charge in [-0.05, 0) is 34.3 Å². The first-order valence-electron chi connectivity index (χ1n) is 6.94. The standard InChI is InChI=1S/C15H18BrN3O/c1-19-12(14(16)17-18-19)13(20)15(9-5-6-10-15)11-7-3-2-4-8-11/h2-4,7-8,13,20H,5-6,9-10H2,1H3. The van der Waals surface area contributed by atoms with E-state index in [-0.39, 0.29) is 5.41 Å². The van der Waals surface area contributed by atoms with E-state index in [0.29, 0.717) is 4.60 Å². The number of aliphatic hydroxyl groups excluding tert-OH is 1. The van der Waals surface area contributed by atoms with Gasteiger partial charge >= 0.3 is 0 Å². The summed E-state index contributed by atoms with van der Waals surface area (Å²) in [6.07, 6.45) is 3.69. The second kappa shape index (κ2) is 5.30. The molecule has 1 saturated carbocycles. The molecule has 1 aliphatic rings. The molecule has 1 unspecified atom stereocenters. The van der Waals surface area contributed by atoms with Crippen LogP contribution in [-0.4, -0.2) is 20.1 Å². The molecule has 1 heterocycles.